The molecule has 0 radical (unpaired) electrons. The van der Waals surface area contributed by atoms with Gasteiger partial charge < -0.3 is 11.0 Å². The monoisotopic (exact) mass is 113 g/mol. The molecule has 0 spiro atoms. The molecule has 0 heterocycles. The zero-order valence-corrected chi connectivity index (χ0v) is 6.69. The first-order valence-corrected chi connectivity index (χ1v) is 0. The molecule has 4 heteroatoms. The molecule has 0 aliphatic heterocycles. The second-order valence-electron chi connectivity index (χ2n) is 0. The van der Waals surface area contributed by atoms with Crippen molar-refractivity contribution in [1.82, 2.24) is 0 Å². The minimum Gasteiger partial charge on any atom is -2.00 e. The predicted octanol–water partition coefficient (Wildman–Crippen LogP) is -1.06. The summed E-state index contributed by atoms with van der Waals surface area (Å²) in [5.74, 6) is 0. The van der Waals surface area contributed by atoms with Gasteiger partial charge in [-0.3, -0.25) is 0 Å². The summed E-state index contributed by atoms with van der Waals surface area (Å²) in [7, 11) is 0. The number of hydrogen-bond donors (Lipinski definition) is 0. The Morgan fingerprint density at radius 1 is 0.750 bits per heavy atom. The van der Waals surface area contributed by atoms with Gasteiger partial charge in [0.25, 0.3) is 0 Å². The first kappa shape index (κ1) is 32.0. The maximum atomic E-state index is 0. The van der Waals surface area contributed by atoms with Crippen LogP contribution in [0.4, 0.5) is 0 Å². The summed E-state index contributed by atoms with van der Waals surface area (Å²) in [6.45, 7) is 0. The zero-order valence-electron chi connectivity index (χ0n) is 2.27. The van der Waals surface area contributed by atoms with Crippen LogP contribution in [-0.2, 0) is 5.48 Å². The van der Waals surface area contributed by atoms with E-state index in [9.17, 15) is 0 Å². The van der Waals surface area contributed by atoms with Crippen LogP contribution in [0.25, 0.3) is 0 Å². The van der Waals surface area contributed by atoms with Gasteiger partial charge in [0.2, 0.25) is 0 Å². The third-order valence-electron chi connectivity index (χ3n) is 0. The maximum absolute atomic E-state index is 0. The smallest absolute Gasteiger partial charge is 2.00 e. The van der Waals surface area contributed by atoms with E-state index in [1.54, 1.807) is 0 Å². The van der Waals surface area contributed by atoms with Gasteiger partial charge in [-0.15, -0.1) is 0 Å². The van der Waals surface area contributed by atoms with Crippen LogP contribution in [0.3, 0.4) is 0 Å². The molecule has 0 aliphatic carbocycles. The number of rotatable bonds is 0. The van der Waals surface area contributed by atoms with Gasteiger partial charge in [-0.2, -0.15) is 0 Å². The number of hydrogen-bond acceptors (Lipinski definition) is 1. The maximum Gasteiger partial charge on any atom is 2.00 e. The Kier molecular flexibility index (Phi) is 144. The molecular weight excluding hydrogens is 112 g/mol. The average Bonchev–Trinajstić information content (AvgIpc) is 0. The van der Waals surface area contributed by atoms with Crippen LogP contribution in [0.5, 0.6) is 0 Å². The van der Waals surface area contributed by atoms with E-state index >= 15 is 0 Å². The fourth-order valence-corrected chi connectivity index (χ4v) is 0. The van der Waals surface area contributed by atoms with Gasteiger partial charge in [0.15, 0.2) is 0 Å². The van der Waals surface area contributed by atoms with Gasteiger partial charge in [-0.05, 0) is 0 Å². The third kappa shape index (κ3) is 8.83. The van der Waals surface area contributed by atoms with Crippen molar-refractivity contribution in [3.63, 3.8) is 0 Å². The molecule has 1 N–H and O–H groups in total. The van der Waals surface area contributed by atoms with Crippen molar-refractivity contribution < 1.29 is 11.0 Å². The molecule has 0 bridgehead atoms. The van der Waals surface area contributed by atoms with Gasteiger partial charge in [-0.25, -0.2) is 0 Å². The summed E-state index contributed by atoms with van der Waals surface area (Å²) >= 11 is 0. The zero-order chi connectivity index (χ0) is 0. The van der Waals surface area contributed by atoms with Gasteiger partial charge >= 0.3 is 75.5 Å². The van der Waals surface area contributed by atoms with Gasteiger partial charge in [0, 0.05) is 0 Å². The van der Waals surface area contributed by atoms with Crippen molar-refractivity contribution >= 4 is 75.5 Å². The molecule has 0 aromatic heterocycles. The molecule has 0 aromatic rings. The van der Waals surface area contributed by atoms with Crippen molar-refractivity contribution in [2.75, 3.05) is 0 Å². The van der Waals surface area contributed by atoms with Gasteiger partial charge in [-0.1, -0.05) is 0 Å². The molecule has 0 saturated heterocycles. The summed E-state index contributed by atoms with van der Waals surface area (Å²) in [4.78, 5) is 0. The summed E-state index contributed by atoms with van der Waals surface area (Å²) in [5, 5.41) is 0. The first-order chi connectivity index (χ1) is 0. The Morgan fingerprint density at radius 2 is 0.750 bits per heavy atom. The first-order valence-electron chi connectivity index (χ1n) is 0. The standard InChI is InChI=1S/2Ca.H2O.O/h;;1H2;/q2*+2;;-2/p-1. The van der Waals surface area contributed by atoms with Crippen LogP contribution in [0.1, 0.15) is 0 Å². The Bertz CT molecular complexity index is 4.00. The summed E-state index contributed by atoms with van der Waals surface area (Å²) in [5.41, 5.74) is 0. The predicted molar refractivity (Wildman–Crippen MR) is 14.1 cm³/mol. The Morgan fingerprint density at radius 3 is 0.750 bits per heavy atom. The SMILES string of the molecule is [Ca+2].[Ca+2].[O-2].[OH-]. The molecule has 4 heavy (non-hydrogen) atoms. The van der Waals surface area contributed by atoms with Crippen molar-refractivity contribution in [3.8, 4) is 0 Å². The van der Waals surface area contributed by atoms with Gasteiger partial charge in [0.05, 0.1) is 0 Å². The molecule has 2 nitrogen and oxygen atoms in total. The van der Waals surface area contributed by atoms with Crippen molar-refractivity contribution in [1.29, 1.82) is 0 Å². The van der Waals surface area contributed by atoms with E-state index in [0.29, 0.717) is 0 Å². The van der Waals surface area contributed by atoms with E-state index in [1.165, 1.54) is 0 Å². The molecule has 0 aromatic carbocycles. The Balaban J connectivity index is 0. The normalized spacial score (nSPS) is 0. The molecule has 0 unspecified atom stereocenters. The Labute approximate surface area is 84.6 Å². The molecule has 0 saturated carbocycles. The third-order valence-corrected chi connectivity index (χ3v) is 0. The van der Waals surface area contributed by atoms with Crippen LogP contribution < -0.4 is 0 Å². The molecule has 0 aliphatic rings. The van der Waals surface area contributed by atoms with E-state index in [0.717, 1.165) is 0 Å². The Hall–Kier alpha value is 2.44. The second-order valence-corrected chi connectivity index (χ2v) is 0. The van der Waals surface area contributed by atoms with Crippen LogP contribution in [0, 0.1) is 0 Å². The van der Waals surface area contributed by atoms with E-state index in [-0.39, 0.29) is 86.4 Å². The van der Waals surface area contributed by atoms with E-state index in [2.05, 4.69) is 0 Å². The molecule has 0 fully saturated rings. The van der Waals surface area contributed by atoms with Crippen LogP contribution in [-0.4, -0.2) is 81.0 Å². The van der Waals surface area contributed by atoms with Crippen LogP contribution >= 0.6 is 0 Å². The van der Waals surface area contributed by atoms with Crippen LogP contribution in [0.15, 0.2) is 0 Å². The molecular formula is HCa2O2+. The molecule has 16 valence electrons. The summed E-state index contributed by atoms with van der Waals surface area (Å²) in [6, 6.07) is 0. The van der Waals surface area contributed by atoms with Gasteiger partial charge in [0.1, 0.15) is 0 Å². The molecule has 0 amide bonds. The minimum absolute atomic E-state index is 0. The minimum atomic E-state index is 0. The fraction of sp³-hybridized carbons (Fsp3) is 0. The van der Waals surface area contributed by atoms with Crippen molar-refractivity contribution in [2.24, 2.45) is 0 Å². The summed E-state index contributed by atoms with van der Waals surface area (Å²) < 4.78 is 0. The van der Waals surface area contributed by atoms with E-state index in [4.69, 9.17) is 0 Å². The quantitative estimate of drug-likeness (QED) is 0.369. The largest absolute Gasteiger partial charge is 2.00 e. The van der Waals surface area contributed by atoms with E-state index < -0.39 is 0 Å². The fourth-order valence-electron chi connectivity index (χ4n) is 0. The average molecular weight is 113 g/mol. The topological polar surface area (TPSA) is 58.5 Å². The van der Waals surface area contributed by atoms with E-state index in [1.807, 2.05) is 0 Å². The van der Waals surface area contributed by atoms with Crippen molar-refractivity contribution in [3.05, 3.63) is 0 Å². The van der Waals surface area contributed by atoms with Crippen LogP contribution in [0.2, 0.25) is 0 Å². The second kappa shape index (κ2) is 18.0. The van der Waals surface area contributed by atoms with Crippen molar-refractivity contribution in [2.45, 2.75) is 0 Å². The molecule has 0 atom stereocenters. The molecule has 0 rings (SSSR count). The summed E-state index contributed by atoms with van der Waals surface area (Å²) in [6.07, 6.45) is 0.